The third kappa shape index (κ3) is 4.54. The van der Waals surface area contributed by atoms with E-state index in [9.17, 15) is 9.59 Å². The molecule has 0 radical (unpaired) electrons. The zero-order chi connectivity index (χ0) is 20.1. The molecule has 1 atom stereocenters. The molecule has 1 amide bonds. The molecule has 7 heteroatoms. The van der Waals surface area contributed by atoms with E-state index >= 15 is 0 Å². The summed E-state index contributed by atoms with van der Waals surface area (Å²) in [5.41, 5.74) is 1.37. The summed E-state index contributed by atoms with van der Waals surface area (Å²) >= 11 is 0. The monoisotopic (exact) mass is 384 g/mol. The molecule has 1 aliphatic heterocycles. The number of rotatable bonds is 6. The van der Waals surface area contributed by atoms with E-state index in [0.29, 0.717) is 30.2 Å². The lowest BCUT2D eigenvalue weighted by Crippen LogP contribution is -2.45. The van der Waals surface area contributed by atoms with Gasteiger partial charge in [-0.15, -0.1) is 0 Å². The minimum Gasteiger partial charge on any atom is -0.497 e. The van der Waals surface area contributed by atoms with Crippen molar-refractivity contribution in [3.8, 4) is 11.5 Å². The molecule has 3 rings (SSSR count). The summed E-state index contributed by atoms with van der Waals surface area (Å²) in [7, 11) is 3.20. The molecule has 1 unspecified atom stereocenters. The van der Waals surface area contributed by atoms with Gasteiger partial charge in [0.25, 0.3) is 5.91 Å². The largest absolute Gasteiger partial charge is 0.497 e. The summed E-state index contributed by atoms with van der Waals surface area (Å²) < 4.78 is 10.6. The third-order valence-electron chi connectivity index (χ3n) is 4.79. The average molecular weight is 384 g/mol. The van der Waals surface area contributed by atoms with Gasteiger partial charge in [-0.2, -0.15) is 0 Å². The predicted octanol–water partition coefficient (Wildman–Crippen LogP) is 3.12. The summed E-state index contributed by atoms with van der Waals surface area (Å²) in [6.07, 6.45) is 1.79. The van der Waals surface area contributed by atoms with Gasteiger partial charge in [-0.05, 0) is 31.0 Å². The first-order valence-electron chi connectivity index (χ1n) is 9.12. The van der Waals surface area contributed by atoms with Crippen LogP contribution in [0.5, 0.6) is 11.5 Å². The van der Waals surface area contributed by atoms with Gasteiger partial charge in [0.15, 0.2) is 0 Å². The van der Waals surface area contributed by atoms with Crippen molar-refractivity contribution in [1.29, 1.82) is 0 Å². The minimum absolute atomic E-state index is 0.0807. The highest BCUT2D eigenvalue weighted by molar-refractivity contribution is 5.97. The van der Waals surface area contributed by atoms with Gasteiger partial charge in [0.05, 0.1) is 19.8 Å². The lowest BCUT2D eigenvalue weighted by Gasteiger charge is -2.34. The molecule has 1 heterocycles. The summed E-state index contributed by atoms with van der Waals surface area (Å²) in [4.78, 5) is 25.8. The Morgan fingerprint density at radius 1 is 1.07 bits per heavy atom. The van der Waals surface area contributed by atoms with Gasteiger partial charge in [0.2, 0.25) is 0 Å². The Kier molecular flexibility index (Phi) is 6.03. The van der Waals surface area contributed by atoms with E-state index in [0.717, 1.165) is 18.5 Å². The molecule has 0 spiro atoms. The molecule has 0 saturated carbocycles. The molecular formula is C21H24N2O5. The molecular weight excluding hydrogens is 360 g/mol. The zero-order valence-corrected chi connectivity index (χ0v) is 16.0. The quantitative estimate of drug-likeness (QED) is 0.796. The van der Waals surface area contributed by atoms with Gasteiger partial charge in [0.1, 0.15) is 11.5 Å². The molecule has 1 saturated heterocycles. The number of amides is 1. The lowest BCUT2D eigenvalue weighted by atomic mass is 10.0. The number of carboxylic acid groups (broad SMARTS) is 1. The van der Waals surface area contributed by atoms with E-state index in [2.05, 4.69) is 5.32 Å². The fourth-order valence-corrected chi connectivity index (χ4v) is 3.37. The van der Waals surface area contributed by atoms with E-state index in [4.69, 9.17) is 14.6 Å². The molecule has 1 fully saturated rings. The number of carbonyl (C=O) groups is 2. The van der Waals surface area contributed by atoms with Crippen molar-refractivity contribution < 1.29 is 24.2 Å². The average Bonchev–Trinajstić information content (AvgIpc) is 2.73. The van der Waals surface area contributed by atoms with Crippen molar-refractivity contribution in [3.05, 3.63) is 53.6 Å². The molecule has 148 valence electrons. The van der Waals surface area contributed by atoms with E-state index in [1.165, 1.54) is 12.1 Å². The number of carboxylic acids is 1. The molecule has 1 aliphatic rings. The summed E-state index contributed by atoms with van der Waals surface area (Å²) in [6, 6.07) is 11.8. The van der Waals surface area contributed by atoms with E-state index in [-0.39, 0.29) is 17.5 Å². The van der Waals surface area contributed by atoms with Gasteiger partial charge >= 0.3 is 5.97 Å². The lowest BCUT2D eigenvalue weighted by molar-refractivity contribution is 0.0697. The Bertz CT molecular complexity index is 845. The van der Waals surface area contributed by atoms with Crippen LogP contribution in [-0.2, 0) is 0 Å². The minimum atomic E-state index is -1.04. The topological polar surface area (TPSA) is 88.1 Å². The van der Waals surface area contributed by atoms with Gasteiger partial charge in [0, 0.05) is 48.6 Å². The highest BCUT2D eigenvalue weighted by atomic mass is 16.5. The maximum atomic E-state index is 12.8. The first-order chi connectivity index (χ1) is 13.5. The third-order valence-corrected chi connectivity index (χ3v) is 4.79. The first kappa shape index (κ1) is 19.5. The van der Waals surface area contributed by atoms with Crippen LogP contribution in [0.25, 0.3) is 0 Å². The Labute approximate surface area is 163 Å². The Hall–Kier alpha value is -3.22. The van der Waals surface area contributed by atoms with Crippen LogP contribution in [-0.4, -0.2) is 55.2 Å². The predicted molar refractivity (Wildman–Crippen MR) is 105 cm³/mol. The standard InChI is InChI=1S/C21H24N2O5/c1-27-18-10-17(11-19(12-18)28-2)22-16-7-4-8-23(13-16)20(24)14-5-3-6-15(9-14)21(25)26/h3,5-6,9-12,16,22H,4,7-8,13H2,1-2H3,(H,25,26). The second-order valence-corrected chi connectivity index (χ2v) is 6.72. The normalized spacial score (nSPS) is 16.4. The number of carbonyl (C=O) groups excluding carboxylic acids is 1. The second kappa shape index (κ2) is 8.65. The number of ether oxygens (including phenoxy) is 2. The summed E-state index contributed by atoms with van der Waals surface area (Å²) in [6.45, 7) is 1.19. The van der Waals surface area contributed by atoms with Gasteiger partial charge in [-0.25, -0.2) is 4.79 Å². The number of hydrogen-bond acceptors (Lipinski definition) is 5. The van der Waals surface area contributed by atoms with E-state index in [1.54, 1.807) is 37.3 Å². The van der Waals surface area contributed by atoms with Crippen LogP contribution >= 0.6 is 0 Å². The van der Waals surface area contributed by atoms with Crippen LogP contribution in [0.1, 0.15) is 33.6 Å². The van der Waals surface area contributed by atoms with Gasteiger partial charge < -0.3 is 24.8 Å². The molecule has 7 nitrogen and oxygen atoms in total. The van der Waals surface area contributed by atoms with Crippen molar-refractivity contribution in [1.82, 2.24) is 4.90 Å². The number of hydrogen-bond donors (Lipinski definition) is 2. The smallest absolute Gasteiger partial charge is 0.335 e. The molecule has 28 heavy (non-hydrogen) atoms. The summed E-state index contributed by atoms with van der Waals surface area (Å²) in [5.74, 6) is 0.185. The number of likely N-dealkylation sites (tertiary alicyclic amines) is 1. The molecule has 2 aromatic rings. The highest BCUT2D eigenvalue weighted by Crippen LogP contribution is 2.27. The molecule has 2 N–H and O–H groups in total. The van der Waals surface area contributed by atoms with Crippen molar-refractivity contribution in [2.24, 2.45) is 0 Å². The number of nitrogens with zero attached hydrogens (tertiary/aromatic N) is 1. The summed E-state index contributed by atoms with van der Waals surface area (Å²) in [5, 5.41) is 12.6. The van der Waals surface area contributed by atoms with E-state index in [1.807, 2.05) is 12.1 Å². The Morgan fingerprint density at radius 3 is 2.39 bits per heavy atom. The van der Waals surface area contributed by atoms with Crippen LogP contribution in [0.4, 0.5) is 5.69 Å². The Balaban J connectivity index is 1.71. The van der Waals surface area contributed by atoms with Crippen LogP contribution in [0.3, 0.4) is 0 Å². The molecule has 0 aromatic heterocycles. The highest BCUT2D eigenvalue weighted by Gasteiger charge is 2.25. The number of benzene rings is 2. The zero-order valence-electron chi connectivity index (χ0n) is 16.0. The van der Waals surface area contributed by atoms with Crippen LogP contribution < -0.4 is 14.8 Å². The number of anilines is 1. The Morgan fingerprint density at radius 2 is 1.75 bits per heavy atom. The maximum Gasteiger partial charge on any atom is 0.335 e. The van der Waals surface area contributed by atoms with Gasteiger partial charge in [-0.1, -0.05) is 6.07 Å². The van der Waals surface area contributed by atoms with Crippen molar-refractivity contribution in [2.75, 3.05) is 32.6 Å². The van der Waals surface area contributed by atoms with Crippen LogP contribution in [0.2, 0.25) is 0 Å². The fraction of sp³-hybridized carbons (Fsp3) is 0.333. The van der Waals surface area contributed by atoms with E-state index < -0.39 is 5.97 Å². The number of aromatic carboxylic acids is 1. The number of methoxy groups -OCH3 is 2. The molecule has 2 aromatic carbocycles. The van der Waals surface area contributed by atoms with Crippen molar-refractivity contribution in [3.63, 3.8) is 0 Å². The van der Waals surface area contributed by atoms with Gasteiger partial charge in [-0.3, -0.25) is 4.79 Å². The second-order valence-electron chi connectivity index (χ2n) is 6.72. The number of nitrogens with one attached hydrogen (secondary N) is 1. The van der Waals surface area contributed by atoms with Crippen LogP contribution in [0.15, 0.2) is 42.5 Å². The maximum absolute atomic E-state index is 12.8. The fourth-order valence-electron chi connectivity index (χ4n) is 3.37. The van der Waals surface area contributed by atoms with Crippen molar-refractivity contribution >= 4 is 17.6 Å². The van der Waals surface area contributed by atoms with Crippen molar-refractivity contribution in [2.45, 2.75) is 18.9 Å². The van der Waals surface area contributed by atoms with Crippen LogP contribution in [0, 0.1) is 0 Å². The number of piperidine rings is 1. The molecule has 0 bridgehead atoms. The SMILES string of the molecule is COc1cc(NC2CCCN(C(=O)c3cccc(C(=O)O)c3)C2)cc(OC)c1. The first-order valence-corrected chi connectivity index (χ1v) is 9.12. The molecule has 0 aliphatic carbocycles.